The summed E-state index contributed by atoms with van der Waals surface area (Å²) >= 11 is 0. The van der Waals surface area contributed by atoms with Crippen molar-refractivity contribution in [3.63, 3.8) is 0 Å². The van der Waals surface area contributed by atoms with E-state index < -0.39 is 0 Å². The van der Waals surface area contributed by atoms with E-state index in [4.69, 9.17) is 4.74 Å². The molecule has 27 heavy (non-hydrogen) atoms. The number of carbonyl (C=O) groups excluding carboxylic acids is 1. The Bertz CT molecular complexity index is 422. The second-order valence-electron chi connectivity index (χ2n) is 10.0. The van der Waals surface area contributed by atoms with E-state index in [1.807, 2.05) is 0 Å². The van der Waals surface area contributed by atoms with Gasteiger partial charge in [0.2, 0.25) is 0 Å². The van der Waals surface area contributed by atoms with Crippen LogP contribution in [0.1, 0.15) is 117 Å². The number of unbranched alkanes of at least 4 members (excludes halogenated alkanes) is 1. The molecule has 0 unspecified atom stereocenters. The van der Waals surface area contributed by atoms with Crippen molar-refractivity contribution in [1.82, 2.24) is 0 Å². The van der Waals surface area contributed by atoms with Crippen LogP contribution in [0.2, 0.25) is 0 Å². The van der Waals surface area contributed by atoms with E-state index in [1.165, 1.54) is 77.0 Å². The van der Waals surface area contributed by atoms with Gasteiger partial charge in [-0.25, -0.2) is 0 Å². The zero-order chi connectivity index (χ0) is 19.1. The highest BCUT2D eigenvalue weighted by Crippen LogP contribution is 2.42. The normalized spacial score (nSPS) is 37.7. The molecule has 3 rings (SSSR count). The fourth-order valence-electron chi connectivity index (χ4n) is 6.19. The lowest BCUT2D eigenvalue weighted by atomic mass is 9.69. The first-order chi connectivity index (χ1) is 13.2. The summed E-state index contributed by atoms with van der Waals surface area (Å²) in [6.07, 6.45) is 20.9. The van der Waals surface area contributed by atoms with Crippen molar-refractivity contribution in [3.05, 3.63) is 0 Å². The van der Waals surface area contributed by atoms with Crippen LogP contribution in [0.3, 0.4) is 0 Å². The Balaban J connectivity index is 1.33. The van der Waals surface area contributed by atoms with E-state index in [-0.39, 0.29) is 18.0 Å². The van der Waals surface area contributed by atoms with Crippen LogP contribution >= 0.6 is 0 Å². The molecule has 0 aromatic carbocycles. The lowest BCUT2D eigenvalue weighted by Gasteiger charge is -2.37. The summed E-state index contributed by atoms with van der Waals surface area (Å²) in [6, 6.07) is 0. The Morgan fingerprint density at radius 1 is 0.741 bits per heavy atom. The first-order valence-electron chi connectivity index (χ1n) is 12.4. The van der Waals surface area contributed by atoms with Crippen LogP contribution in [0.5, 0.6) is 0 Å². The Kier molecular flexibility index (Phi) is 8.52. The minimum absolute atomic E-state index is 0.139. The Labute approximate surface area is 168 Å². The molecule has 0 aliphatic heterocycles. The first-order valence-corrected chi connectivity index (χ1v) is 12.4. The molecule has 0 aromatic rings. The van der Waals surface area contributed by atoms with E-state index in [9.17, 15) is 4.79 Å². The maximum absolute atomic E-state index is 12.7. The zero-order valence-electron chi connectivity index (χ0n) is 18.1. The van der Waals surface area contributed by atoms with Gasteiger partial charge in [-0.1, -0.05) is 52.4 Å². The van der Waals surface area contributed by atoms with Gasteiger partial charge in [-0.2, -0.15) is 0 Å². The summed E-state index contributed by atoms with van der Waals surface area (Å²) < 4.78 is 5.95. The lowest BCUT2D eigenvalue weighted by molar-refractivity contribution is -0.157. The molecule has 0 radical (unpaired) electrons. The number of carbonyl (C=O) groups is 1. The number of hydrogen-bond donors (Lipinski definition) is 0. The highest BCUT2D eigenvalue weighted by atomic mass is 16.5. The average Bonchev–Trinajstić information content (AvgIpc) is 2.73. The maximum Gasteiger partial charge on any atom is 0.309 e. The maximum atomic E-state index is 12.7. The van der Waals surface area contributed by atoms with Crippen molar-refractivity contribution in [2.75, 3.05) is 0 Å². The minimum atomic E-state index is 0.139. The largest absolute Gasteiger partial charge is 0.462 e. The third-order valence-corrected chi connectivity index (χ3v) is 8.28. The molecule has 3 fully saturated rings. The van der Waals surface area contributed by atoms with Gasteiger partial charge >= 0.3 is 5.97 Å². The molecule has 0 heterocycles. The van der Waals surface area contributed by atoms with Crippen LogP contribution in [-0.2, 0) is 9.53 Å². The quantitative estimate of drug-likeness (QED) is 0.436. The van der Waals surface area contributed by atoms with Crippen molar-refractivity contribution in [2.45, 2.75) is 123 Å². The Morgan fingerprint density at radius 2 is 1.30 bits per heavy atom. The number of hydrogen-bond acceptors (Lipinski definition) is 2. The van der Waals surface area contributed by atoms with Crippen LogP contribution in [-0.4, -0.2) is 12.1 Å². The molecule has 2 nitrogen and oxygen atoms in total. The van der Waals surface area contributed by atoms with Crippen LogP contribution < -0.4 is 0 Å². The van der Waals surface area contributed by atoms with Crippen LogP contribution in [0.4, 0.5) is 0 Å². The SMILES string of the molecule is CCCCC1CCC(OC(=O)C2CCC(C3CCC(CC)CC3)CC2)CC1. The third-order valence-electron chi connectivity index (χ3n) is 8.28. The number of ether oxygens (including phenoxy) is 1. The number of rotatable bonds is 7. The van der Waals surface area contributed by atoms with Gasteiger partial charge in [0.15, 0.2) is 0 Å². The van der Waals surface area contributed by atoms with Gasteiger partial charge in [-0.15, -0.1) is 0 Å². The Hall–Kier alpha value is -0.530. The second kappa shape index (κ2) is 10.9. The highest BCUT2D eigenvalue weighted by molar-refractivity contribution is 5.72. The molecule has 0 atom stereocenters. The van der Waals surface area contributed by atoms with Crippen LogP contribution in [0.25, 0.3) is 0 Å². The standard InChI is InChI=1S/C25H44O2/c1-3-5-6-20-9-17-24(18-10-20)27-25(26)23-15-13-22(14-16-23)21-11-7-19(4-2)8-12-21/h19-24H,3-18H2,1-2H3. The van der Waals surface area contributed by atoms with Gasteiger partial charge in [0.25, 0.3) is 0 Å². The first kappa shape index (κ1) is 21.2. The summed E-state index contributed by atoms with van der Waals surface area (Å²) in [6.45, 7) is 4.62. The van der Waals surface area contributed by atoms with Crippen molar-refractivity contribution < 1.29 is 9.53 Å². The van der Waals surface area contributed by atoms with Crippen LogP contribution in [0, 0.1) is 29.6 Å². The molecule has 0 spiro atoms. The van der Waals surface area contributed by atoms with Gasteiger partial charge in [-0.05, 0) is 87.9 Å². The van der Waals surface area contributed by atoms with Crippen molar-refractivity contribution >= 4 is 5.97 Å². The Morgan fingerprint density at radius 3 is 1.85 bits per heavy atom. The van der Waals surface area contributed by atoms with E-state index in [2.05, 4.69) is 13.8 Å². The molecular formula is C25H44O2. The molecule has 3 aliphatic carbocycles. The molecular weight excluding hydrogens is 332 g/mol. The molecule has 0 aromatic heterocycles. The molecule has 156 valence electrons. The van der Waals surface area contributed by atoms with E-state index in [1.54, 1.807) is 0 Å². The summed E-state index contributed by atoms with van der Waals surface area (Å²) in [5, 5.41) is 0. The van der Waals surface area contributed by atoms with Gasteiger partial charge in [0.05, 0.1) is 5.92 Å². The summed E-state index contributed by atoms with van der Waals surface area (Å²) in [5.41, 5.74) is 0. The van der Waals surface area contributed by atoms with Gasteiger partial charge in [-0.3, -0.25) is 4.79 Å². The second-order valence-corrected chi connectivity index (χ2v) is 10.0. The summed E-state index contributed by atoms with van der Waals surface area (Å²) in [4.78, 5) is 12.7. The molecule has 3 aliphatic rings. The van der Waals surface area contributed by atoms with E-state index in [0.29, 0.717) is 0 Å². The van der Waals surface area contributed by atoms with Gasteiger partial charge in [0.1, 0.15) is 6.10 Å². The van der Waals surface area contributed by atoms with Gasteiger partial charge < -0.3 is 4.74 Å². The smallest absolute Gasteiger partial charge is 0.309 e. The molecule has 2 heteroatoms. The van der Waals surface area contributed by atoms with Crippen molar-refractivity contribution in [3.8, 4) is 0 Å². The fraction of sp³-hybridized carbons (Fsp3) is 0.960. The van der Waals surface area contributed by atoms with Gasteiger partial charge in [0, 0.05) is 0 Å². The molecule has 0 amide bonds. The predicted octanol–water partition coefficient (Wildman–Crippen LogP) is 7.30. The monoisotopic (exact) mass is 376 g/mol. The molecule has 3 saturated carbocycles. The summed E-state index contributed by atoms with van der Waals surface area (Å²) in [7, 11) is 0. The number of esters is 1. The lowest BCUT2D eigenvalue weighted by Crippen LogP contribution is -2.32. The van der Waals surface area contributed by atoms with Crippen molar-refractivity contribution in [2.24, 2.45) is 29.6 Å². The van der Waals surface area contributed by atoms with E-state index >= 15 is 0 Å². The minimum Gasteiger partial charge on any atom is -0.462 e. The fourth-order valence-corrected chi connectivity index (χ4v) is 6.19. The predicted molar refractivity (Wildman–Crippen MR) is 113 cm³/mol. The average molecular weight is 377 g/mol. The zero-order valence-corrected chi connectivity index (χ0v) is 18.1. The molecule has 0 bridgehead atoms. The molecule has 0 N–H and O–H groups in total. The van der Waals surface area contributed by atoms with E-state index in [0.717, 1.165) is 49.4 Å². The highest BCUT2D eigenvalue weighted by Gasteiger charge is 2.34. The third kappa shape index (κ3) is 6.23. The van der Waals surface area contributed by atoms with Crippen LogP contribution in [0.15, 0.2) is 0 Å². The summed E-state index contributed by atoms with van der Waals surface area (Å²) in [5.74, 6) is 4.05. The topological polar surface area (TPSA) is 26.3 Å². The molecule has 0 saturated heterocycles. The van der Waals surface area contributed by atoms with Crippen molar-refractivity contribution in [1.29, 1.82) is 0 Å².